The second kappa shape index (κ2) is 8.78. The van der Waals surface area contributed by atoms with Gasteiger partial charge in [0.2, 0.25) is 0 Å². The molecule has 6 heteroatoms. The van der Waals surface area contributed by atoms with Gasteiger partial charge in [-0.3, -0.25) is 4.79 Å². The summed E-state index contributed by atoms with van der Waals surface area (Å²) in [5, 5.41) is 0. The van der Waals surface area contributed by atoms with Crippen LogP contribution in [-0.4, -0.2) is 43.4 Å². The molecule has 2 aromatic carbocycles. The van der Waals surface area contributed by atoms with Gasteiger partial charge in [0.15, 0.2) is 9.84 Å². The normalized spacial score (nSPS) is 18.0. The zero-order valence-corrected chi connectivity index (χ0v) is 17.2. The van der Waals surface area contributed by atoms with Crippen LogP contribution in [-0.2, 0) is 22.8 Å². The molecule has 0 bridgehead atoms. The largest absolute Gasteiger partial charge is 0.494 e. The Labute approximate surface area is 167 Å². The second-order valence-corrected chi connectivity index (χ2v) is 9.35. The highest BCUT2D eigenvalue weighted by molar-refractivity contribution is 7.91. The molecule has 0 aliphatic carbocycles. The third kappa shape index (κ3) is 4.93. The maximum Gasteiger partial charge on any atom is 0.254 e. The molecule has 1 saturated heterocycles. The SMILES string of the molecule is CCOc1cccc(C(=O)N(Cc2ccc(CC)cc2)[C@@H]2CCS(=O)(=O)C2)c1. The molecule has 0 radical (unpaired) electrons. The van der Waals surface area contributed by atoms with Crippen molar-refractivity contribution in [3.05, 3.63) is 65.2 Å². The Kier molecular flexibility index (Phi) is 6.39. The monoisotopic (exact) mass is 401 g/mol. The highest BCUT2D eigenvalue weighted by atomic mass is 32.2. The van der Waals surface area contributed by atoms with Crippen LogP contribution in [0.25, 0.3) is 0 Å². The minimum atomic E-state index is -3.09. The highest BCUT2D eigenvalue weighted by Gasteiger charge is 2.35. The van der Waals surface area contributed by atoms with Crippen LogP contribution in [0.1, 0.15) is 41.8 Å². The Balaban J connectivity index is 1.88. The van der Waals surface area contributed by atoms with Gasteiger partial charge in [-0.1, -0.05) is 37.3 Å². The van der Waals surface area contributed by atoms with E-state index >= 15 is 0 Å². The molecule has 1 aliphatic rings. The first kappa shape index (κ1) is 20.4. The van der Waals surface area contributed by atoms with Crippen molar-refractivity contribution in [2.24, 2.45) is 0 Å². The molecular weight excluding hydrogens is 374 g/mol. The molecule has 0 N–H and O–H groups in total. The zero-order chi connectivity index (χ0) is 20.1. The van der Waals surface area contributed by atoms with Crippen molar-refractivity contribution in [3.8, 4) is 5.75 Å². The van der Waals surface area contributed by atoms with E-state index in [1.54, 1.807) is 23.1 Å². The molecule has 1 heterocycles. The lowest BCUT2D eigenvalue weighted by molar-refractivity contribution is 0.0680. The maximum absolute atomic E-state index is 13.3. The summed E-state index contributed by atoms with van der Waals surface area (Å²) >= 11 is 0. The van der Waals surface area contributed by atoms with E-state index in [2.05, 4.69) is 19.1 Å². The van der Waals surface area contributed by atoms with Gasteiger partial charge in [0, 0.05) is 18.2 Å². The van der Waals surface area contributed by atoms with E-state index in [4.69, 9.17) is 4.74 Å². The van der Waals surface area contributed by atoms with Crippen molar-refractivity contribution < 1.29 is 17.9 Å². The molecule has 5 nitrogen and oxygen atoms in total. The Morgan fingerprint density at radius 2 is 1.82 bits per heavy atom. The minimum Gasteiger partial charge on any atom is -0.494 e. The first-order valence-corrected chi connectivity index (χ1v) is 11.6. The second-order valence-electron chi connectivity index (χ2n) is 7.12. The average molecular weight is 402 g/mol. The predicted molar refractivity (Wildman–Crippen MR) is 110 cm³/mol. The Morgan fingerprint density at radius 1 is 1.11 bits per heavy atom. The van der Waals surface area contributed by atoms with Crippen LogP contribution in [0.2, 0.25) is 0 Å². The lowest BCUT2D eigenvalue weighted by Crippen LogP contribution is -2.40. The van der Waals surface area contributed by atoms with Crippen LogP contribution in [0.5, 0.6) is 5.75 Å². The van der Waals surface area contributed by atoms with Gasteiger partial charge in [-0.05, 0) is 49.1 Å². The molecule has 0 saturated carbocycles. The molecular formula is C22H27NO4S. The number of benzene rings is 2. The maximum atomic E-state index is 13.3. The summed E-state index contributed by atoms with van der Waals surface area (Å²) in [7, 11) is -3.09. The van der Waals surface area contributed by atoms with Gasteiger partial charge in [0.1, 0.15) is 5.75 Å². The molecule has 3 rings (SSSR count). The number of aryl methyl sites for hydroxylation is 1. The van der Waals surface area contributed by atoms with Gasteiger partial charge in [-0.2, -0.15) is 0 Å². The van der Waals surface area contributed by atoms with Crippen LogP contribution in [0.4, 0.5) is 0 Å². The van der Waals surface area contributed by atoms with Gasteiger partial charge in [0.05, 0.1) is 18.1 Å². The number of carbonyl (C=O) groups is 1. The quantitative estimate of drug-likeness (QED) is 0.713. The van der Waals surface area contributed by atoms with Crippen LogP contribution >= 0.6 is 0 Å². The van der Waals surface area contributed by atoms with Gasteiger partial charge in [0.25, 0.3) is 5.91 Å². The molecule has 150 valence electrons. The topological polar surface area (TPSA) is 63.7 Å². The van der Waals surface area contributed by atoms with Gasteiger partial charge in [-0.25, -0.2) is 8.42 Å². The summed E-state index contributed by atoms with van der Waals surface area (Å²) in [5.74, 6) is 0.634. The van der Waals surface area contributed by atoms with Crippen LogP contribution in [0.3, 0.4) is 0 Å². The molecule has 0 spiro atoms. The Hall–Kier alpha value is -2.34. The minimum absolute atomic E-state index is 0.0247. The number of nitrogens with zero attached hydrogens (tertiary/aromatic N) is 1. The first-order chi connectivity index (χ1) is 13.4. The number of ether oxygens (including phenoxy) is 1. The van der Waals surface area contributed by atoms with Crippen molar-refractivity contribution >= 4 is 15.7 Å². The number of hydrogen-bond acceptors (Lipinski definition) is 4. The highest BCUT2D eigenvalue weighted by Crippen LogP contribution is 2.24. The molecule has 1 fully saturated rings. The van der Waals surface area contributed by atoms with E-state index in [1.165, 1.54) is 5.56 Å². The third-order valence-electron chi connectivity index (χ3n) is 5.09. The Bertz CT molecular complexity index is 922. The molecule has 1 atom stereocenters. The number of rotatable bonds is 7. The van der Waals surface area contributed by atoms with Gasteiger partial charge < -0.3 is 9.64 Å². The van der Waals surface area contributed by atoms with E-state index in [9.17, 15) is 13.2 Å². The van der Waals surface area contributed by atoms with Crippen molar-refractivity contribution in [3.63, 3.8) is 0 Å². The zero-order valence-electron chi connectivity index (χ0n) is 16.4. The lowest BCUT2D eigenvalue weighted by atomic mass is 10.1. The van der Waals surface area contributed by atoms with Crippen LogP contribution < -0.4 is 4.74 Å². The summed E-state index contributed by atoms with van der Waals surface area (Å²) in [6.45, 7) is 4.90. The molecule has 28 heavy (non-hydrogen) atoms. The predicted octanol–water partition coefficient (Wildman–Crippen LogP) is 3.48. The van der Waals surface area contributed by atoms with E-state index in [0.717, 1.165) is 12.0 Å². The fraction of sp³-hybridized carbons (Fsp3) is 0.409. The number of amides is 1. The van der Waals surface area contributed by atoms with Gasteiger partial charge >= 0.3 is 0 Å². The van der Waals surface area contributed by atoms with Crippen molar-refractivity contribution in [1.82, 2.24) is 4.90 Å². The summed E-state index contributed by atoms with van der Waals surface area (Å²) in [6, 6.07) is 14.9. The van der Waals surface area contributed by atoms with Crippen molar-refractivity contribution in [2.45, 2.75) is 39.3 Å². The summed E-state index contributed by atoms with van der Waals surface area (Å²) < 4.78 is 29.6. The summed E-state index contributed by atoms with van der Waals surface area (Å²) in [5.41, 5.74) is 2.74. The average Bonchev–Trinajstić information content (AvgIpc) is 3.06. The third-order valence-corrected chi connectivity index (χ3v) is 6.84. The van der Waals surface area contributed by atoms with E-state index < -0.39 is 9.84 Å². The Morgan fingerprint density at radius 3 is 2.43 bits per heavy atom. The molecule has 1 amide bonds. The van der Waals surface area contributed by atoms with Crippen molar-refractivity contribution in [2.75, 3.05) is 18.1 Å². The number of sulfone groups is 1. The fourth-order valence-corrected chi connectivity index (χ4v) is 5.25. The smallest absolute Gasteiger partial charge is 0.254 e. The van der Waals surface area contributed by atoms with E-state index in [-0.39, 0.29) is 23.5 Å². The van der Waals surface area contributed by atoms with E-state index in [0.29, 0.717) is 30.9 Å². The summed E-state index contributed by atoms with van der Waals surface area (Å²) in [4.78, 5) is 15.0. The molecule has 1 aliphatic heterocycles. The van der Waals surface area contributed by atoms with Crippen LogP contribution in [0.15, 0.2) is 48.5 Å². The van der Waals surface area contributed by atoms with Crippen molar-refractivity contribution in [1.29, 1.82) is 0 Å². The lowest BCUT2D eigenvalue weighted by Gasteiger charge is -2.29. The van der Waals surface area contributed by atoms with E-state index in [1.807, 2.05) is 25.1 Å². The fourth-order valence-electron chi connectivity index (χ4n) is 3.52. The summed E-state index contributed by atoms with van der Waals surface area (Å²) in [6.07, 6.45) is 1.43. The molecule has 2 aromatic rings. The molecule has 0 unspecified atom stereocenters. The molecule has 0 aromatic heterocycles. The first-order valence-electron chi connectivity index (χ1n) is 9.74. The van der Waals surface area contributed by atoms with Crippen LogP contribution in [0, 0.1) is 0 Å². The number of carbonyl (C=O) groups excluding carboxylic acids is 1. The number of hydrogen-bond donors (Lipinski definition) is 0. The van der Waals surface area contributed by atoms with Gasteiger partial charge in [-0.15, -0.1) is 0 Å². The standard InChI is InChI=1S/C22H27NO4S/c1-3-17-8-10-18(11-9-17)15-23(20-12-13-28(25,26)16-20)22(24)19-6-5-7-21(14-19)27-4-2/h5-11,14,20H,3-4,12-13,15-16H2,1-2H3/t20-/m1/s1.